The smallest absolute Gasteiger partial charge is 0.276 e. The molecule has 2 aliphatic heterocycles. The van der Waals surface area contributed by atoms with E-state index in [2.05, 4.69) is 15.4 Å². The fraction of sp³-hybridized carbons (Fsp3) is 0.176. The van der Waals surface area contributed by atoms with Gasteiger partial charge in [0.25, 0.3) is 5.91 Å². The highest BCUT2D eigenvalue weighted by Gasteiger charge is 2.34. The van der Waals surface area contributed by atoms with Crippen molar-refractivity contribution in [1.82, 2.24) is 15.3 Å². The van der Waals surface area contributed by atoms with Crippen LogP contribution in [0, 0.1) is 0 Å². The largest absolute Gasteiger partial charge is 0.298 e. The van der Waals surface area contributed by atoms with Gasteiger partial charge in [-0.2, -0.15) is 0 Å². The van der Waals surface area contributed by atoms with Crippen LogP contribution in [0.5, 0.6) is 0 Å². The maximum Gasteiger partial charge on any atom is 0.276 e. The second-order valence-electron chi connectivity index (χ2n) is 5.29. The summed E-state index contributed by atoms with van der Waals surface area (Å²) in [4.78, 5) is 21.6. The molecular weight excluding hydrogens is 322 g/mol. The highest BCUT2D eigenvalue weighted by Crippen LogP contribution is 2.30. The molecule has 2 aliphatic rings. The summed E-state index contributed by atoms with van der Waals surface area (Å²) >= 11 is 1.50. The van der Waals surface area contributed by atoms with Crippen LogP contribution in [0.4, 0.5) is 0 Å². The van der Waals surface area contributed by atoms with Crippen LogP contribution >= 0.6 is 11.8 Å². The molecule has 1 amide bonds. The molecule has 1 atom stereocenters. The number of hydrogen-bond donors (Lipinski definition) is 1. The van der Waals surface area contributed by atoms with E-state index >= 15 is 0 Å². The van der Waals surface area contributed by atoms with Gasteiger partial charge < -0.3 is 0 Å². The summed E-state index contributed by atoms with van der Waals surface area (Å²) in [7, 11) is 0. The molecule has 0 bridgehead atoms. The third-order valence-electron chi connectivity index (χ3n) is 3.80. The first kappa shape index (κ1) is 14.9. The van der Waals surface area contributed by atoms with E-state index in [4.69, 9.17) is 4.99 Å². The normalized spacial score (nSPS) is 19.0. The highest BCUT2D eigenvalue weighted by molar-refractivity contribution is 8.13. The second kappa shape index (κ2) is 6.09. The number of hydrogen-bond acceptors (Lipinski definition) is 6. The van der Waals surface area contributed by atoms with Gasteiger partial charge in [0, 0.05) is 23.2 Å². The van der Waals surface area contributed by atoms with E-state index in [1.165, 1.54) is 11.8 Å². The number of hydrazone groups is 1. The minimum absolute atomic E-state index is 0.151. The number of nitrogens with one attached hydrogen (secondary N) is 1. The number of fused-ring (bicyclic) bond motifs is 2. The number of pyridine rings is 1. The zero-order valence-corrected chi connectivity index (χ0v) is 13.8. The Balaban J connectivity index is 1.96. The van der Waals surface area contributed by atoms with Gasteiger partial charge in [-0.3, -0.25) is 20.1 Å². The average Bonchev–Trinajstić information content (AvgIpc) is 2.62. The number of para-hydroxylation sites is 1. The van der Waals surface area contributed by atoms with E-state index in [9.17, 15) is 4.79 Å². The first-order valence-corrected chi connectivity index (χ1v) is 8.65. The van der Waals surface area contributed by atoms with Crippen molar-refractivity contribution in [2.45, 2.75) is 13.1 Å². The summed E-state index contributed by atoms with van der Waals surface area (Å²) < 4.78 is 0. The van der Waals surface area contributed by atoms with Crippen LogP contribution in [0.25, 0.3) is 5.70 Å². The summed E-state index contributed by atoms with van der Waals surface area (Å²) in [6.45, 7) is 2.02. The van der Waals surface area contributed by atoms with Gasteiger partial charge in [-0.1, -0.05) is 36.9 Å². The molecule has 7 heteroatoms. The first-order chi connectivity index (χ1) is 11.8. The maximum absolute atomic E-state index is 12.7. The number of aromatic nitrogens is 1. The number of thioether (sulfide) groups is 1. The lowest BCUT2D eigenvalue weighted by Gasteiger charge is -2.33. The highest BCUT2D eigenvalue weighted by atomic mass is 32.2. The van der Waals surface area contributed by atoms with Crippen molar-refractivity contribution in [3.8, 4) is 0 Å². The number of carbonyl (C=O) groups is 1. The van der Waals surface area contributed by atoms with Gasteiger partial charge >= 0.3 is 0 Å². The van der Waals surface area contributed by atoms with Crippen molar-refractivity contribution >= 4 is 28.5 Å². The summed E-state index contributed by atoms with van der Waals surface area (Å²) in [6.07, 6.45) is 3.07. The van der Waals surface area contributed by atoms with Crippen LogP contribution < -0.4 is 15.9 Å². The van der Waals surface area contributed by atoms with Crippen molar-refractivity contribution in [1.29, 1.82) is 0 Å². The van der Waals surface area contributed by atoms with Crippen molar-refractivity contribution in [2.75, 3.05) is 5.75 Å². The molecule has 0 spiro atoms. The molecule has 4 rings (SSSR count). The van der Waals surface area contributed by atoms with Crippen LogP contribution in [0.2, 0.25) is 0 Å². The molecule has 120 valence electrons. The van der Waals surface area contributed by atoms with E-state index in [1.54, 1.807) is 17.4 Å². The van der Waals surface area contributed by atoms with Crippen molar-refractivity contribution < 1.29 is 4.79 Å². The van der Waals surface area contributed by atoms with E-state index in [0.717, 1.165) is 21.9 Å². The summed E-state index contributed by atoms with van der Waals surface area (Å²) in [5.41, 5.74) is 1.47. The van der Waals surface area contributed by atoms with Gasteiger partial charge in [0.2, 0.25) is 0 Å². The Kier molecular flexibility index (Phi) is 3.78. The van der Waals surface area contributed by atoms with Crippen molar-refractivity contribution in [2.24, 2.45) is 10.1 Å². The lowest BCUT2D eigenvalue weighted by atomic mass is 10.1. The van der Waals surface area contributed by atoms with Gasteiger partial charge in [-0.15, -0.1) is 5.10 Å². The Hall–Kier alpha value is -2.67. The number of benzene rings is 1. The van der Waals surface area contributed by atoms with E-state index in [0.29, 0.717) is 10.9 Å². The topological polar surface area (TPSA) is 70.0 Å². The molecule has 0 saturated heterocycles. The molecule has 1 N–H and O–H groups in total. The van der Waals surface area contributed by atoms with Crippen LogP contribution in [0.3, 0.4) is 0 Å². The van der Waals surface area contributed by atoms with Gasteiger partial charge in [0.15, 0.2) is 11.3 Å². The quantitative estimate of drug-likeness (QED) is 0.887. The summed E-state index contributed by atoms with van der Waals surface area (Å²) in [5.74, 6) is 0.679. The SMILES string of the molecule is CCSC1=NN2C(=c3ccccc3=N[C@@H]2c2ccncc2)C(=O)N1. The van der Waals surface area contributed by atoms with Gasteiger partial charge in [0.1, 0.15) is 5.70 Å². The third-order valence-corrected chi connectivity index (χ3v) is 4.55. The van der Waals surface area contributed by atoms with Gasteiger partial charge in [-0.25, -0.2) is 5.01 Å². The number of amidine groups is 1. The average molecular weight is 337 g/mol. The van der Waals surface area contributed by atoms with Crippen molar-refractivity contribution in [3.05, 3.63) is 64.9 Å². The number of amides is 1. The Morgan fingerprint density at radius 2 is 2.00 bits per heavy atom. The summed E-state index contributed by atoms with van der Waals surface area (Å²) in [5, 5.41) is 11.4. The minimum atomic E-state index is -0.378. The monoisotopic (exact) mass is 337 g/mol. The van der Waals surface area contributed by atoms with Crippen LogP contribution in [-0.2, 0) is 4.79 Å². The minimum Gasteiger partial charge on any atom is -0.298 e. The number of carbonyl (C=O) groups excluding carboxylic acids is 1. The Morgan fingerprint density at radius 1 is 1.21 bits per heavy atom. The van der Waals surface area contributed by atoms with Gasteiger partial charge in [-0.05, 0) is 24.0 Å². The molecule has 1 aromatic heterocycles. The fourth-order valence-corrected chi connectivity index (χ4v) is 3.37. The van der Waals surface area contributed by atoms with Crippen LogP contribution in [0.15, 0.2) is 58.9 Å². The van der Waals surface area contributed by atoms with Crippen LogP contribution in [0.1, 0.15) is 18.7 Å². The van der Waals surface area contributed by atoms with E-state index in [-0.39, 0.29) is 12.1 Å². The molecule has 6 nitrogen and oxygen atoms in total. The second-order valence-corrected chi connectivity index (χ2v) is 6.54. The Bertz CT molecular complexity index is 941. The predicted molar refractivity (Wildman–Crippen MR) is 93.2 cm³/mol. The Morgan fingerprint density at radius 3 is 2.79 bits per heavy atom. The molecule has 2 aromatic rings. The third kappa shape index (κ3) is 2.46. The maximum atomic E-state index is 12.7. The zero-order valence-electron chi connectivity index (χ0n) is 13.0. The van der Waals surface area contributed by atoms with Gasteiger partial charge in [0.05, 0.1) is 5.36 Å². The standard InChI is InChI=1S/C17H15N5OS/c1-2-24-17-20-16(23)14-12-5-3-4-6-13(12)19-15(22(14)21-17)11-7-9-18-10-8-11/h3-10,15H,2H2,1H3,(H,20,21,23)/t15-/m0/s1. The summed E-state index contributed by atoms with van der Waals surface area (Å²) in [6, 6.07) is 11.4. The molecule has 3 heterocycles. The Labute approximate surface area is 143 Å². The van der Waals surface area contributed by atoms with Crippen LogP contribution in [-0.4, -0.2) is 26.8 Å². The molecular formula is C17H15N5OS. The fourth-order valence-electron chi connectivity index (χ4n) is 2.78. The van der Waals surface area contributed by atoms with E-state index in [1.807, 2.05) is 43.3 Å². The van der Waals surface area contributed by atoms with E-state index < -0.39 is 0 Å². The molecule has 0 aliphatic carbocycles. The molecule has 0 fully saturated rings. The lowest BCUT2D eigenvalue weighted by molar-refractivity contribution is -0.116. The molecule has 0 unspecified atom stereocenters. The molecule has 24 heavy (non-hydrogen) atoms. The number of nitrogens with zero attached hydrogens (tertiary/aromatic N) is 4. The molecule has 0 saturated carbocycles. The first-order valence-electron chi connectivity index (χ1n) is 7.67. The zero-order chi connectivity index (χ0) is 16.5. The number of rotatable bonds is 2. The molecule has 1 aromatic carbocycles. The predicted octanol–water partition coefficient (Wildman–Crippen LogP) is 0.978. The lowest BCUT2D eigenvalue weighted by Crippen LogP contribution is -2.50. The van der Waals surface area contributed by atoms with Crippen molar-refractivity contribution in [3.63, 3.8) is 0 Å². The molecule has 0 radical (unpaired) electrons.